The Morgan fingerprint density at radius 3 is 2.77 bits per heavy atom. The molecule has 0 N–H and O–H groups in total. The summed E-state index contributed by atoms with van der Waals surface area (Å²) in [6, 6.07) is 7.20. The van der Waals surface area contributed by atoms with Gasteiger partial charge in [-0.15, -0.1) is 0 Å². The number of morpholine rings is 1. The smallest absolute Gasteiger partial charge is 0.150 e. The molecule has 0 aromatic carbocycles. The molecule has 5 heterocycles. The van der Waals surface area contributed by atoms with E-state index in [9.17, 15) is 5.26 Å². The number of fused-ring (bicyclic) bond motifs is 1. The van der Waals surface area contributed by atoms with E-state index < -0.39 is 5.41 Å². The Labute approximate surface area is 210 Å². The highest BCUT2D eigenvalue weighted by molar-refractivity contribution is 7.13. The molecule has 35 heavy (non-hydrogen) atoms. The van der Waals surface area contributed by atoms with Crippen LogP contribution in [0.2, 0.25) is 0 Å². The maximum atomic E-state index is 10.4. The fraction of sp³-hybridized carbons (Fsp3) is 0.615. The highest BCUT2D eigenvalue weighted by Gasteiger charge is 2.39. The number of aryl methyl sites for hydroxylation is 1. The van der Waals surface area contributed by atoms with Crippen LogP contribution in [0.5, 0.6) is 0 Å². The van der Waals surface area contributed by atoms with Crippen LogP contribution in [-0.4, -0.2) is 51.5 Å². The number of pyridine rings is 1. The van der Waals surface area contributed by atoms with E-state index in [1.165, 1.54) is 11.5 Å². The van der Waals surface area contributed by atoms with Crippen LogP contribution in [0.3, 0.4) is 0 Å². The van der Waals surface area contributed by atoms with Gasteiger partial charge in [-0.25, -0.2) is 9.67 Å². The molecule has 3 aromatic heterocycles. The molecule has 3 aromatic rings. The number of hydrogen-bond donors (Lipinski definition) is 0. The maximum Gasteiger partial charge on any atom is 0.150 e. The zero-order valence-electron chi connectivity index (χ0n) is 20.5. The van der Waals surface area contributed by atoms with Gasteiger partial charge in [-0.05, 0) is 75.2 Å². The minimum Gasteiger partial charge on any atom is -0.377 e. The quantitative estimate of drug-likeness (QED) is 0.499. The van der Waals surface area contributed by atoms with Crippen LogP contribution >= 0.6 is 11.5 Å². The third kappa shape index (κ3) is 3.92. The van der Waals surface area contributed by atoms with Gasteiger partial charge in [-0.2, -0.15) is 14.7 Å². The zero-order chi connectivity index (χ0) is 24.0. The Morgan fingerprint density at radius 2 is 2.03 bits per heavy atom. The number of nitrogens with zero attached hydrogens (tertiary/aromatic N) is 6. The summed E-state index contributed by atoms with van der Waals surface area (Å²) in [7, 11) is 0. The van der Waals surface area contributed by atoms with Gasteiger partial charge < -0.3 is 14.4 Å². The second-order valence-corrected chi connectivity index (χ2v) is 11.0. The number of anilines is 1. The summed E-state index contributed by atoms with van der Waals surface area (Å²) in [6.45, 7) is 7.10. The van der Waals surface area contributed by atoms with Gasteiger partial charge >= 0.3 is 0 Å². The van der Waals surface area contributed by atoms with Crippen LogP contribution in [0.15, 0.2) is 12.1 Å². The van der Waals surface area contributed by atoms with Crippen molar-refractivity contribution in [3.05, 3.63) is 23.4 Å². The first-order chi connectivity index (χ1) is 17.1. The van der Waals surface area contributed by atoms with Crippen LogP contribution < -0.4 is 4.90 Å². The molecule has 2 saturated heterocycles. The van der Waals surface area contributed by atoms with Gasteiger partial charge in [0, 0.05) is 13.2 Å². The van der Waals surface area contributed by atoms with E-state index in [0.717, 1.165) is 96.8 Å². The summed E-state index contributed by atoms with van der Waals surface area (Å²) >= 11 is 1.47. The van der Waals surface area contributed by atoms with Gasteiger partial charge in [0.15, 0.2) is 6.23 Å². The monoisotopic (exact) mass is 492 g/mol. The highest BCUT2D eigenvalue weighted by atomic mass is 32.1. The average Bonchev–Trinajstić information content (AvgIpc) is 3.63. The van der Waals surface area contributed by atoms with E-state index in [4.69, 9.17) is 23.9 Å². The van der Waals surface area contributed by atoms with Crippen molar-refractivity contribution < 1.29 is 9.47 Å². The van der Waals surface area contributed by atoms with Gasteiger partial charge in [0.05, 0.1) is 46.8 Å². The molecule has 9 heteroatoms. The normalized spacial score (nSPS) is 24.7. The third-order valence-electron chi connectivity index (χ3n) is 7.79. The molecule has 2 aliphatic heterocycles. The topological polar surface area (TPSA) is 89.1 Å². The van der Waals surface area contributed by atoms with Crippen LogP contribution in [-0.2, 0) is 14.9 Å². The first-order valence-electron chi connectivity index (χ1n) is 12.8. The minimum absolute atomic E-state index is 0.0774. The molecule has 1 unspecified atom stereocenters. The summed E-state index contributed by atoms with van der Waals surface area (Å²) in [4.78, 5) is 7.53. The van der Waals surface area contributed by atoms with E-state index in [2.05, 4.69) is 30.0 Å². The predicted octanol–water partition coefficient (Wildman–Crippen LogP) is 5.12. The number of hydrogen-bond acceptors (Lipinski definition) is 8. The van der Waals surface area contributed by atoms with Crippen molar-refractivity contribution in [1.82, 2.24) is 19.1 Å². The molecule has 1 saturated carbocycles. The van der Waals surface area contributed by atoms with Gasteiger partial charge in [0.25, 0.3) is 0 Å². The summed E-state index contributed by atoms with van der Waals surface area (Å²) in [6.07, 6.45) is 7.03. The van der Waals surface area contributed by atoms with Crippen LogP contribution in [0.4, 0.5) is 5.82 Å². The fourth-order valence-corrected chi connectivity index (χ4v) is 6.84. The molecular formula is C26H32N6O2S. The Kier molecular flexibility index (Phi) is 5.99. The fourth-order valence-electron chi connectivity index (χ4n) is 5.89. The van der Waals surface area contributed by atoms with Crippen molar-refractivity contribution in [1.29, 1.82) is 5.26 Å². The van der Waals surface area contributed by atoms with E-state index in [1.807, 2.05) is 11.6 Å². The van der Waals surface area contributed by atoms with Gasteiger partial charge in [-0.1, -0.05) is 12.8 Å². The van der Waals surface area contributed by atoms with E-state index in [0.29, 0.717) is 13.2 Å². The lowest BCUT2D eigenvalue weighted by molar-refractivity contribution is -0.0385. The van der Waals surface area contributed by atoms with Crippen molar-refractivity contribution in [2.24, 2.45) is 0 Å². The minimum atomic E-state index is -0.474. The van der Waals surface area contributed by atoms with Crippen LogP contribution in [0, 0.1) is 18.3 Å². The van der Waals surface area contributed by atoms with Crippen LogP contribution in [0.1, 0.15) is 69.4 Å². The lowest BCUT2D eigenvalue weighted by Crippen LogP contribution is -2.44. The predicted molar refractivity (Wildman–Crippen MR) is 136 cm³/mol. The lowest BCUT2D eigenvalue weighted by atomic mass is 9.80. The Morgan fingerprint density at radius 1 is 1.17 bits per heavy atom. The zero-order valence-corrected chi connectivity index (χ0v) is 21.3. The Hall–Kier alpha value is -2.54. The first kappa shape index (κ1) is 22.9. The Bertz CT molecular complexity index is 1260. The van der Waals surface area contributed by atoms with E-state index >= 15 is 0 Å². The van der Waals surface area contributed by atoms with Crippen LogP contribution in [0.25, 0.3) is 21.6 Å². The average molecular weight is 493 g/mol. The number of aromatic nitrogens is 4. The summed E-state index contributed by atoms with van der Waals surface area (Å²) in [5.41, 5.74) is 4.23. The summed E-state index contributed by atoms with van der Waals surface area (Å²) in [5.74, 6) is 0.919. The molecule has 0 bridgehead atoms. The molecule has 3 aliphatic rings. The van der Waals surface area contributed by atoms with E-state index in [1.54, 1.807) is 0 Å². The maximum absolute atomic E-state index is 10.4. The second-order valence-electron chi connectivity index (χ2n) is 10.2. The van der Waals surface area contributed by atoms with Crippen molar-refractivity contribution >= 4 is 27.6 Å². The molecule has 1 aliphatic carbocycles. The number of nitriles is 1. The molecule has 8 nitrogen and oxygen atoms in total. The standard InChI is InChI=1S/C26H32N6O2S/c1-17-13-20(32(29-17)22-7-3-6-11-34-22)23-24-25(35-30-23)19(26(16-27)8-4-5-9-26)14-21(28-24)31-10-12-33-15-18(31)2/h13-14,18,22H,3-12,15H2,1-2H3/t18-,22?/m1/s1. The molecule has 0 spiro atoms. The van der Waals surface area contributed by atoms with Gasteiger partial charge in [-0.3, -0.25) is 0 Å². The van der Waals surface area contributed by atoms with E-state index in [-0.39, 0.29) is 12.3 Å². The van der Waals surface area contributed by atoms with Gasteiger partial charge in [0.1, 0.15) is 17.0 Å². The molecule has 184 valence electrons. The van der Waals surface area contributed by atoms with Crippen molar-refractivity contribution in [3.63, 3.8) is 0 Å². The van der Waals surface area contributed by atoms with Crippen molar-refractivity contribution in [2.45, 2.75) is 76.5 Å². The lowest BCUT2D eigenvalue weighted by Gasteiger charge is -2.35. The van der Waals surface area contributed by atoms with Crippen molar-refractivity contribution in [3.8, 4) is 17.5 Å². The highest BCUT2D eigenvalue weighted by Crippen LogP contribution is 2.47. The largest absolute Gasteiger partial charge is 0.377 e. The number of ether oxygens (including phenoxy) is 2. The SMILES string of the molecule is Cc1cc(-c2nsc3c(C4(C#N)CCCC4)cc(N4CCOC[C@H]4C)nc23)n(C2CCCCO2)n1. The Balaban J connectivity index is 1.55. The molecule has 2 atom stereocenters. The molecule has 6 rings (SSSR count). The second kappa shape index (κ2) is 9.16. The molecule has 3 fully saturated rings. The molecular weight excluding hydrogens is 460 g/mol. The number of rotatable bonds is 4. The molecule has 0 amide bonds. The van der Waals surface area contributed by atoms with Gasteiger partial charge in [0.2, 0.25) is 0 Å². The first-order valence-corrected chi connectivity index (χ1v) is 13.6. The van der Waals surface area contributed by atoms with Crippen molar-refractivity contribution in [2.75, 3.05) is 31.3 Å². The third-order valence-corrected chi connectivity index (χ3v) is 8.66. The summed E-state index contributed by atoms with van der Waals surface area (Å²) in [5, 5.41) is 15.2. The molecule has 0 radical (unpaired) electrons. The summed E-state index contributed by atoms with van der Waals surface area (Å²) < 4.78 is 19.8.